The molecule has 1 atom stereocenters. The number of aliphatic imine (C=N–C) groups is 1. The number of hydrogen-bond acceptors (Lipinski definition) is 4. The van der Waals surface area contributed by atoms with Gasteiger partial charge in [-0.1, -0.05) is 6.92 Å². The Bertz CT molecular complexity index is 939. The van der Waals surface area contributed by atoms with Gasteiger partial charge in [0, 0.05) is 23.6 Å². The predicted molar refractivity (Wildman–Crippen MR) is 96.3 cm³/mol. The van der Waals surface area contributed by atoms with Crippen LogP contribution in [0.3, 0.4) is 0 Å². The first-order chi connectivity index (χ1) is 11.7. The molecule has 2 aromatic carbocycles. The van der Waals surface area contributed by atoms with Gasteiger partial charge >= 0.3 is 0 Å². The Hall–Kier alpha value is -2.41. The molecule has 1 aliphatic rings. The van der Waals surface area contributed by atoms with Crippen LogP contribution in [-0.4, -0.2) is 26.1 Å². The SMILES string of the molecule is CCC1(C)N=C(c2ccc(F)cc2)c2ccc(NS(C)(=O)=O)cc2O1. The van der Waals surface area contributed by atoms with Crippen LogP contribution in [0.5, 0.6) is 5.75 Å². The molecule has 25 heavy (non-hydrogen) atoms. The minimum Gasteiger partial charge on any atom is -0.466 e. The molecule has 0 spiro atoms. The van der Waals surface area contributed by atoms with E-state index in [4.69, 9.17) is 9.73 Å². The molecule has 3 rings (SSSR count). The highest BCUT2D eigenvalue weighted by molar-refractivity contribution is 7.92. The van der Waals surface area contributed by atoms with Crippen molar-refractivity contribution in [3.63, 3.8) is 0 Å². The zero-order valence-electron chi connectivity index (χ0n) is 14.2. The van der Waals surface area contributed by atoms with Crippen LogP contribution in [-0.2, 0) is 10.0 Å². The number of anilines is 1. The van der Waals surface area contributed by atoms with Crippen LogP contribution in [0.25, 0.3) is 0 Å². The maximum Gasteiger partial charge on any atom is 0.229 e. The molecule has 132 valence electrons. The van der Waals surface area contributed by atoms with Crippen LogP contribution in [0.4, 0.5) is 10.1 Å². The number of ether oxygens (including phenoxy) is 1. The highest BCUT2D eigenvalue weighted by atomic mass is 32.2. The molecule has 0 saturated heterocycles. The zero-order valence-corrected chi connectivity index (χ0v) is 15.0. The Morgan fingerprint density at radius 3 is 2.48 bits per heavy atom. The van der Waals surface area contributed by atoms with Crippen LogP contribution in [0.1, 0.15) is 31.4 Å². The topological polar surface area (TPSA) is 67.8 Å². The lowest BCUT2D eigenvalue weighted by Crippen LogP contribution is -2.35. The van der Waals surface area contributed by atoms with Gasteiger partial charge in [0.25, 0.3) is 0 Å². The van der Waals surface area contributed by atoms with Gasteiger partial charge in [0.15, 0.2) is 5.72 Å². The molecule has 1 N–H and O–H groups in total. The molecular weight excluding hydrogens is 343 g/mol. The third kappa shape index (κ3) is 3.82. The summed E-state index contributed by atoms with van der Waals surface area (Å²) >= 11 is 0. The minimum absolute atomic E-state index is 0.317. The second kappa shape index (κ2) is 6.15. The molecule has 1 aliphatic heterocycles. The van der Waals surface area contributed by atoms with Crippen LogP contribution in [0.2, 0.25) is 0 Å². The van der Waals surface area contributed by atoms with E-state index < -0.39 is 15.7 Å². The third-order valence-corrected chi connectivity index (χ3v) is 4.60. The van der Waals surface area contributed by atoms with Gasteiger partial charge in [-0.3, -0.25) is 4.72 Å². The number of sulfonamides is 1. The Morgan fingerprint density at radius 1 is 1.20 bits per heavy atom. The summed E-state index contributed by atoms with van der Waals surface area (Å²) in [6.07, 6.45) is 1.72. The molecule has 0 aromatic heterocycles. The second-order valence-corrected chi connectivity index (χ2v) is 7.93. The van der Waals surface area contributed by atoms with E-state index in [-0.39, 0.29) is 5.82 Å². The first-order valence-corrected chi connectivity index (χ1v) is 9.75. The first-order valence-electron chi connectivity index (χ1n) is 7.86. The molecule has 0 aliphatic carbocycles. The summed E-state index contributed by atoms with van der Waals surface area (Å²) in [5.74, 6) is 0.218. The molecule has 0 fully saturated rings. The Balaban J connectivity index is 2.11. The largest absolute Gasteiger partial charge is 0.466 e. The molecule has 0 saturated carbocycles. The van der Waals surface area contributed by atoms with Crippen LogP contribution in [0, 0.1) is 5.82 Å². The predicted octanol–water partition coefficient (Wildman–Crippen LogP) is 3.55. The van der Waals surface area contributed by atoms with Crippen molar-refractivity contribution in [2.24, 2.45) is 4.99 Å². The Kier molecular flexibility index (Phi) is 4.28. The van der Waals surface area contributed by atoms with Gasteiger partial charge in [-0.2, -0.15) is 0 Å². The highest BCUT2D eigenvalue weighted by Gasteiger charge is 2.31. The molecule has 0 radical (unpaired) electrons. The molecule has 7 heteroatoms. The summed E-state index contributed by atoms with van der Waals surface area (Å²) in [5, 5.41) is 0. The zero-order chi connectivity index (χ0) is 18.2. The van der Waals surface area contributed by atoms with E-state index in [9.17, 15) is 12.8 Å². The van der Waals surface area contributed by atoms with Gasteiger partial charge in [-0.15, -0.1) is 0 Å². The van der Waals surface area contributed by atoms with Crippen molar-refractivity contribution >= 4 is 21.4 Å². The number of nitrogens with one attached hydrogen (secondary N) is 1. The minimum atomic E-state index is -3.39. The maximum absolute atomic E-state index is 13.2. The van der Waals surface area contributed by atoms with Crippen LogP contribution in [0.15, 0.2) is 47.5 Å². The molecular formula is C18H19FN2O3S. The third-order valence-electron chi connectivity index (χ3n) is 3.99. The number of rotatable bonds is 4. The number of fused-ring (bicyclic) bond motifs is 1. The van der Waals surface area contributed by atoms with E-state index in [0.717, 1.165) is 17.4 Å². The Morgan fingerprint density at radius 2 is 1.88 bits per heavy atom. The average molecular weight is 362 g/mol. The van der Waals surface area contributed by atoms with Crippen molar-refractivity contribution < 1.29 is 17.5 Å². The fraction of sp³-hybridized carbons (Fsp3) is 0.278. The summed E-state index contributed by atoms with van der Waals surface area (Å²) in [7, 11) is -3.39. The van der Waals surface area contributed by atoms with E-state index in [2.05, 4.69) is 4.72 Å². The van der Waals surface area contributed by atoms with Gasteiger partial charge < -0.3 is 4.74 Å². The van der Waals surface area contributed by atoms with Crippen molar-refractivity contribution in [1.29, 1.82) is 0 Å². The van der Waals surface area contributed by atoms with Crippen molar-refractivity contribution in [1.82, 2.24) is 0 Å². The smallest absolute Gasteiger partial charge is 0.229 e. The van der Waals surface area contributed by atoms with Crippen LogP contribution >= 0.6 is 0 Å². The molecule has 1 unspecified atom stereocenters. The van der Waals surface area contributed by atoms with Gasteiger partial charge in [-0.05, 0) is 43.3 Å². The van der Waals surface area contributed by atoms with Crippen LogP contribution < -0.4 is 9.46 Å². The monoisotopic (exact) mass is 362 g/mol. The van der Waals surface area contributed by atoms with Gasteiger partial charge in [0.1, 0.15) is 11.6 Å². The second-order valence-electron chi connectivity index (χ2n) is 6.18. The van der Waals surface area contributed by atoms with Crippen molar-refractivity contribution in [2.45, 2.75) is 26.0 Å². The Labute approximate surface area is 146 Å². The fourth-order valence-corrected chi connectivity index (χ4v) is 3.17. The highest BCUT2D eigenvalue weighted by Crippen LogP contribution is 2.36. The quantitative estimate of drug-likeness (QED) is 0.904. The summed E-state index contributed by atoms with van der Waals surface area (Å²) < 4.78 is 44.6. The fourth-order valence-electron chi connectivity index (χ4n) is 2.62. The standard InChI is InChI=1S/C18H19FN2O3S/c1-4-18(2)20-17(12-5-7-13(19)8-6-12)15-10-9-14(11-16(15)24-18)21-25(3,22)23/h5-11,21H,4H2,1-3H3. The van der Waals surface area contributed by atoms with E-state index in [1.165, 1.54) is 12.1 Å². The normalized spacial score (nSPS) is 19.6. The number of halogens is 1. The lowest BCUT2D eigenvalue weighted by Gasteiger charge is -2.32. The number of hydrogen-bond donors (Lipinski definition) is 1. The molecule has 0 amide bonds. The van der Waals surface area contributed by atoms with Crippen molar-refractivity contribution in [2.75, 3.05) is 11.0 Å². The molecule has 0 bridgehead atoms. The molecule has 5 nitrogen and oxygen atoms in total. The first kappa shape index (κ1) is 17.4. The number of benzene rings is 2. The summed E-state index contributed by atoms with van der Waals surface area (Å²) in [5.41, 5.74) is 1.84. The summed E-state index contributed by atoms with van der Waals surface area (Å²) in [4.78, 5) is 4.71. The lowest BCUT2D eigenvalue weighted by atomic mass is 9.98. The van der Waals surface area contributed by atoms with E-state index in [1.54, 1.807) is 30.3 Å². The number of nitrogens with zero attached hydrogens (tertiary/aromatic N) is 1. The average Bonchev–Trinajstić information content (AvgIpc) is 2.53. The maximum atomic E-state index is 13.2. The lowest BCUT2D eigenvalue weighted by molar-refractivity contribution is 0.0903. The van der Waals surface area contributed by atoms with Gasteiger partial charge in [0.2, 0.25) is 10.0 Å². The summed E-state index contributed by atoms with van der Waals surface area (Å²) in [6, 6.07) is 11.1. The van der Waals surface area contributed by atoms with Crippen molar-refractivity contribution in [3.05, 3.63) is 59.4 Å². The molecule has 1 heterocycles. The molecule has 2 aromatic rings. The van der Waals surface area contributed by atoms with E-state index >= 15 is 0 Å². The van der Waals surface area contributed by atoms with Gasteiger partial charge in [-0.25, -0.2) is 17.8 Å². The van der Waals surface area contributed by atoms with E-state index in [0.29, 0.717) is 23.6 Å². The van der Waals surface area contributed by atoms with Crippen molar-refractivity contribution in [3.8, 4) is 5.75 Å². The van der Waals surface area contributed by atoms with Gasteiger partial charge in [0.05, 0.1) is 17.7 Å². The summed E-state index contributed by atoms with van der Waals surface area (Å²) in [6.45, 7) is 3.81. The van der Waals surface area contributed by atoms with E-state index in [1.807, 2.05) is 13.8 Å².